The Labute approximate surface area is 141 Å². The second kappa shape index (κ2) is 5.89. The zero-order valence-corrected chi connectivity index (χ0v) is 13.5. The second-order valence-electron chi connectivity index (χ2n) is 6.50. The number of nitrogens with one attached hydrogen (secondary N) is 1. The summed E-state index contributed by atoms with van der Waals surface area (Å²) in [5.41, 5.74) is 1.48. The number of nitrogens with zero attached hydrogens (tertiary/aromatic N) is 1. The lowest BCUT2D eigenvalue weighted by Crippen LogP contribution is -2.31. The minimum absolute atomic E-state index is 0.0873. The number of amides is 1. The zero-order chi connectivity index (χ0) is 15.8. The van der Waals surface area contributed by atoms with E-state index in [1.165, 1.54) is 12.8 Å². The van der Waals surface area contributed by atoms with Crippen LogP contribution in [-0.2, 0) is 0 Å². The highest BCUT2D eigenvalue weighted by atomic mass is 35.5. The predicted molar refractivity (Wildman–Crippen MR) is 92.0 cm³/mol. The molecule has 1 heterocycles. The number of hydrogen-bond donors (Lipinski definition) is 1. The molecule has 0 saturated heterocycles. The van der Waals surface area contributed by atoms with Crippen molar-refractivity contribution in [2.75, 3.05) is 6.54 Å². The first-order chi connectivity index (χ1) is 11.2. The maximum absolute atomic E-state index is 12.5. The quantitative estimate of drug-likeness (QED) is 0.844. The molecule has 118 valence electrons. The molecular formula is C19H19ClN2O. The molecule has 0 aliphatic heterocycles. The van der Waals surface area contributed by atoms with Crippen molar-refractivity contribution in [3.63, 3.8) is 0 Å². The molecule has 1 amide bonds. The first-order valence-electron chi connectivity index (χ1n) is 8.10. The van der Waals surface area contributed by atoms with Gasteiger partial charge >= 0.3 is 0 Å². The molecule has 1 saturated carbocycles. The van der Waals surface area contributed by atoms with Crippen LogP contribution in [0.3, 0.4) is 0 Å². The molecule has 23 heavy (non-hydrogen) atoms. The molecule has 0 spiro atoms. The Balaban J connectivity index is 1.47. The van der Waals surface area contributed by atoms with E-state index in [1.807, 2.05) is 41.2 Å². The Morgan fingerprint density at radius 1 is 1.22 bits per heavy atom. The van der Waals surface area contributed by atoms with E-state index in [-0.39, 0.29) is 5.91 Å². The lowest BCUT2D eigenvalue weighted by molar-refractivity contribution is 0.0945. The van der Waals surface area contributed by atoms with Crippen molar-refractivity contribution in [3.05, 3.63) is 65.5 Å². The number of halogens is 1. The molecule has 4 heteroatoms. The molecule has 1 aromatic carbocycles. The number of carbonyl (C=O) groups excluding carboxylic acids is 1. The van der Waals surface area contributed by atoms with Gasteiger partial charge < -0.3 is 9.88 Å². The molecule has 4 rings (SSSR count). The summed E-state index contributed by atoms with van der Waals surface area (Å²) in [6.45, 7) is 0.731. The van der Waals surface area contributed by atoms with Gasteiger partial charge in [0.05, 0.1) is 10.6 Å². The largest absolute Gasteiger partial charge is 0.352 e. The fourth-order valence-corrected chi connectivity index (χ4v) is 4.01. The number of allylic oxidation sites excluding steroid dienone is 2. The van der Waals surface area contributed by atoms with Crippen LogP contribution in [-0.4, -0.2) is 17.0 Å². The van der Waals surface area contributed by atoms with Gasteiger partial charge in [0.15, 0.2) is 0 Å². The minimum atomic E-state index is -0.0873. The number of aromatic nitrogens is 1. The van der Waals surface area contributed by atoms with Crippen molar-refractivity contribution in [3.8, 4) is 5.69 Å². The molecule has 1 N–H and O–H groups in total. The molecule has 0 radical (unpaired) electrons. The lowest BCUT2D eigenvalue weighted by atomic mass is 9.93. The van der Waals surface area contributed by atoms with E-state index < -0.39 is 0 Å². The van der Waals surface area contributed by atoms with Crippen molar-refractivity contribution < 1.29 is 4.79 Å². The summed E-state index contributed by atoms with van der Waals surface area (Å²) < 4.78 is 1.97. The predicted octanol–water partition coefficient (Wildman–Crippen LogP) is 4.07. The number of benzene rings is 1. The van der Waals surface area contributed by atoms with Crippen molar-refractivity contribution in [2.24, 2.45) is 17.8 Å². The smallest absolute Gasteiger partial charge is 0.252 e. The van der Waals surface area contributed by atoms with E-state index >= 15 is 0 Å². The standard InChI is InChI=1S/C19H19ClN2O/c20-18-6-5-16(22-7-1-2-8-22)11-17(18)19(23)21-12-15-10-13-3-4-14(15)9-13/h1-8,11,13-15H,9-10,12H2,(H,21,23). The number of fused-ring (bicyclic) bond motifs is 2. The number of hydrogen-bond acceptors (Lipinski definition) is 1. The summed E-state index contributed by atoms with van der Waals surface area (Å²) in [6, 6.07) is 9.46. The van der Waals surface area contributed by atoms with Crippen LogP contribution >= 0.6 is 11.6 Å². The first-order valence-corrected chi connectivity index (χ1v) is 8.48. The molecule has 3 unspecified atom stereocenters. The molecule has 3 atom stereocenters. The third-order valence-corrected chi connectivity index (χ3v) is 5.37. The summed E-state index contributed by atoms with van der Waals surface area (Å²) in [6.07, 6.45) is 11.0. The van der Waals surface area contributed by atoms with Gasteiger partial charge in [-0.3, -0.25) is 4.79 Å². The van der Waals surface area contributed by atoms with E-state index in [0.29, 0.717) is 22.4 Å². The summed E-state index contributed by atoms with van der Waals surface area (Å²) >= 11 is 6.23. The number of carbonyl (C=O) groups is 1. The van der Waals surface area contributed by atoms with Crippen LogP contribution in [0, 0.1) is 17.8 Å². The fourth-order valence-electron chi connectivity index (χ4n) is 3.80. The van der Waals surface area contributed by atoms with E-state index in [2.05, 4.69) is 17.5 Å². The average Bonchev–Trinajstić information content (AvgIpc) is 3.30. The van der Waals surface area contributed by atoms with Gasteiger partial charge in [-0.1, -0.05) is 23.8 Å². The van der Waals surface area contributed by atoms with Gasteiger partial charge in [0.2, 0.25) is 0 Å². The Hall–Kier alpha value is -2.00. The van der Waals surface area contributed by atoms with Crippen LogP contribution in [0.5, 0.6) is 0 Å². The molecule has 1 fully saturated rings. The van der Waals surface area contributed by atoms with Crippen LogP contribution in [0.4, 0.5) is 0 Å². The van der Waals surface area contributed by atoms with E-state index in [4.69, 9.17) is 11.6 Å². The highest BCUT2D eigenvalue weighted by molar-refractivity contribution is 6.33. The van der Waals surface area contributed by atoms with Crippen LogP contribution in [0.1, 0.15) is 23.2 Å². The normalized spacial score (nSPS) is 25.0. The van der Waals surface area contributed by atoms with Crippen molar-refractivity contribution >= 4 is 17.5 Å². The van der Waals surface area contributed by atoms with Gasteiger partial charge in [-0.25, -0.2) is 0 Å². The van der Waals surface area contributed by atoms with Gasteiger partial charge in [-0.05, 0) is 60.9 Å². The molecule has 1 aromatic heterocycles. The van der Waals surface area contributed by atoms with E-state index in [9.17, 15) is 4.79 Å². The molecule has 3 nitrogen and oxygen atoms in total. The lowest BCUT2D eigenvalue weighted by Gasteiger charge is -2.19. The summed E-state index contributed by atoms with van der Waals surface area (Å²) in [4.78, 5) is 12.5. The summed E-state index contributed by atoms with van der Waals surface area (Å²) in [5, 5.41) is 3.56. The minimum Gasteiger partial charge on any atom is -0.352 e. The SMILES string of the molecule is O=C(NCC1CC2C=CC1C2)c1cc(-n2cccc2)ccc1Cl. The van der Waals surface area contributed by atoms with Gasteiger partial charge in [-0.15, -0.1) is 0 Å². The van der Waals surface area contributed by atoms with Gasteiger partial charge in [-0.2, -0.15) is 0 Å². The first kappa shape index (κ1) is 14.6. The molecular weight excluding hydrogens is 308 g/mol. The van der Waals surface area contributed by atoms with Gasteiger partial charge in [0, 0.05) is 24.6 Å². The van der Waals surface area contributed by atoms with E-state index in [0.717, 1.165) is 18.2 Å². The number of rotatable bonds is 4. The fraction of sp³-hybridized carbons (Fsp3) is 0.316. The van der Waals surface area contributed by atoms with Gasteiger partial charge in [0.1, 0.15) is 0 Å². The van der Waals surface area contributed by atoms with Crippen molar-refractivity contribution in [2.45, 2.75) is 12.8 Å². The Bertz CT molecular complexity index is 751. The third kappa shape index (κ3) is 2.81. The Morgan fingerprint density at radius 2 is 2.04 bits per heavy atom. The van der Waals surface area contributed by atoms with Crippen LogP contribution in [0.25, 0.3) is 5.69 Å². The molecule has 2 aliphatic carbocycles. The van der Waals surface area contributed by atoms with E-state index in [1.54, 1.807) is 6.07 Å². The monoisotopic (exact) mass is 326 g/mol. The molecule has 2 aromatic rings. The third-order valence-electron chi connectivity index (χ3n) is 5.04. The maximum Gasteiger partial charge on any atom is 0.252 e. The molecule has 2 bridgehead atoms. The van der Waals surface area contributed by atoms with Crippen molar-refractivity contribution in [1.82, 2.24) is 9.88 Å². The zero-order valence-electron chi connectivity index (χ0n) is 12.8. The molecule has 2 aliphatic rings. The Morgan fingerprint density at radius 3 is 2.74 bits per heavy atom. The summed E-state index contributed by atoms with van der Waals surface area (Å²) in [7, 11) is 0. The maximum atomic E-state index is 12.5. The van der Waals surface area contributed by atoms with Crippen LogP contribution < -0.4 is 5.32 Å². The van der Waals surface area contributed by atoms with Crippen molar-refractivity contribution in [1.29, 1.82) is 0 Å². The highest BCUT2D eigenvalue weighted by Gasteiger charge is 2.35. The van der Waals surface area contributed by atoms with Crippen LogP contribution in [0.2, 0.25) is 5.02 Å². The van der Waals surface area contributed by atoms with Crippen LogP contribution in [0.15, 0.2) is 54.9 Å². The highest BCUT2D eigenvalue weighted by Crippen LogP contribution is 2.43. The topological polar surface area (TPSA) is 34.0 Å². The second-order valence-corrected chi connectivity index (χ2v) is 6.91. The Kier molecular flexibility index (Phi) is 3.74. The van der Waals surface area contributed by atoms with Gasteiger partial charge in [0.25, 0.3) is 5.91 Å². The summed E-state index contributed by atoms with van der Waals surface area (Å²) in [5.74, 6) is 1.85. The average molecular weight is 327 g/mol.